The molecule has 0 bridgehead atoms. The lowest BCUT2D eigenvalue weighted by molar-refractivity contribution is 0.486. The van der Waals surface area contributed by atoms with Crippen molar-refractivity contribution in [2.24, 2.45) is 0 Å². The summed E-state index contributed by atoms with van der Waals surface area (Å²) in [7, 11) is -3.98. The molecule has 0 saturated heterocycles. The second kappa shape index (κ2) is 7.79. The molecule has 0 aliphatic carbocycles. The number of aromatic nitrogens is 2. The maximum absolute atomic E-state index is 12.9. The molecule has 6 aromatic rings. The average molecular weight is 485 g/mol. The molecule has 0 amide bonds. The van der Waals surface area contributed by atoms with Gasteiger partial charge in [-0.2, -0.15) is 8.42 Å². The fraction of sp³-hybridized carbons (Fsp3) is 0. The summed E-state index contributed by atoms with van der Waals surface area (Å²) in [5.74, 6) is 0.194. The summed E-state index contributed by atoms with van der Waals surface area (Å²) in [6.45, 7) is 0. The molecule has 0 N–H and O–H groups in total. The van der Waals surface area contributed by atoms with Crippen LogP contribution >= 0.6 is 11.3 Å². The van der Waals surface area contributed by atoms with Crippen LogP contribution in [0.15, 0.2) is 101 Å². The van der Waals surface area contributed by atoms with Gasteiger partial charge in [-0.25, -0.2) is 9.38 Å². The summed E-state index contributed by atoms with van der Waals surface area (Å²) in [4.78, 5) is 18.2. The van der Waals surface area contributed by atoms with Gasteiger partial charge < -0.3 is 4.18 Å². The Morgan fingerprint density at radius 3 is 2.41 bits per heavy atom. The van der Waals surface area contributed by atoms with E-state index in [1.807, 2.05) is 48.5 Å². The van der Waals surface area contributed by atoms with Crippen molar-refractivity contribution in [1.82, 2.24) is 9.38 Å². The van der Waals surface area contributed by atoms with Crippen LogP contribution < -0.4 is 14.3 Å². The first-order chi connectivity index (χ1) is 16.5. The summed E-state index contributed by atoms with van der Waals surface area (Å²) in [5.41, 5.74) is 2.18. The number of imidazole rings is 1. The predicted molar refractivity (Wildman–Crippen MR) is 134 cm³/mol. The van der Waals surface area contributed by atoms with Gasteiger partial charge in [0.15, 0.2) is 4.96 Å². The van der Waals surface area contributed by atoms with E-state index in [1.165, 1.54) is 17.4 Å². The molecular formula is C26H16N2O4S2. The van der Waals surface area contributed by atoms with E-state index in [2.05, 4.69) is 4.98 Å². The fourth-order valence-corrected chi connectivity index (χ4v) is 5.83. The van der Waals surface area contributed by atoms with Gasteiger partial charge in [0.2, 0.25) is 0 Å². The highest BCUT2D eigenvalue weighted by molar-refractivity contribution is 7.87. The van der Waals surface area contributed by atoms with Gasteiger partial charge in [-0.05, 0) is 58.8 Å². The highest BCUT2D eigenvalue weighted by Crippen LogP contribution is 2.23. The van der Waals surface area contributed by atoms with Crippen LogP contribution in [-0.4, -0.2) is 17.8 Å². The zero-order valence-electron chi connectivity index (χ0n) is 17.6. The third-order valence-corrected chi connectivity index (χ3v) is 7.75. The summed E-state index contributed by atoms with van der Waals surface area (Å²) in [5, 5.41) is 1.77. The molecule has 0 aliphatic heterocycles. The zero-order chi connectivity index (χ0) is 23.3. The highest BCUT2D eigenvalue weighted by Gasteiger charge is 2.17. The number of fused-ring (bicyclic) bond motifs is 4. The Morgan fingerprint density at radius 2 is 1.59 bits per heavy atom. The highest BCUT2D eigenvalue weighted by atomic mass is 32.2. The van der Waals surface area contributed by atoms with Gasteiger partial charge in [0.1, 0.15) is 10.6 Å². The quantitative estimate of drug-likeness (QED) is 0.347. The Labute approximate surface area is 198 Å². The molecule has 0 spiro atoms. The molecule has 8 heteroatoms. The van der Waals surface area contributed by atoms with Crippen molar-refractivity contribution in [2.45, 2.75) is 4.90 Å². The maximum atomic E-state index is 12.9. The molecule has 34 heavy (non-hydrogen) atoms. The van der Waals surface area contributed by atoms with Crippen molar-refractivity contribution >= 4 is 54.3 Å². The largest absolute Gasteiger partial charge is 0.379 e. The van der Waals surface area contributed by atoms with E-state index >= 15 is 0 Å². The van der Waals surface area contributed by atoms with Crippen molar-refractivity contribution in [3.05, 3.63) is 111 Å². The fourth-order valence-electron chi connectivity index (χ4n) is 3.88. The van der Waals surface area contributed by atoms with E-state index in [0.717, 1.165) is 27.4 Å². The molecule has 0 radical (unpaired) electrons. The lowest BCUT2D eigenvalue weighted by atomic mass is 10.1. The van der Waals surface area contributed by atoms with Crippen LogP contribution in [0.5, 0.6) is 5.75 Å². The van der Waals surface area contributed by atoms with Gasteiger partial charge in [-0.15, -0.1) is 0 Å². The van der Waals surface area contributed by atoms with Crippen molar-refractivity contribution < 1.29 is 12.6 Å². The predicted octanol–water partition coefficient (Wildman–Crippen LogP) is 4.38. The van der Waals surface area contributed by atoms with Gasteiger partial charge in [0.05, 0.1) is 15.6 Å². The molecule has 0 aliphatic rings. The van der Waals surface area contributed by atoms with E-state index < -0.39 is 10.1 Å². The molecule has 0 atom stereocenters. The number of para-hydroxylation sites is 2. The van der Waals surface area contributed by atoms with E-state index in [4.69, 9.17) is 4.18 Å². The van der Waals surface area contributed by atoms with Crippen molar-refractivity contribution in [3.63, 3.8) is 0 Å². The number of hydrogen-bond donors (Lipinski definition) is 0. The Morgan fingerprint density at radius 1 is 0.853 bits per heavy atom. The number of thiazole rings is 1. The first-order valence-corrected chi connectivity index (χ1v) is 12.7. The van der Waals surface area contributed by atoms with Crippen molar-refractivity contribution in [1.29, 1.82) is 0 Å². The van der Waals surface area contributed by atoms with Crippen molar-refractivity contribution in [2.75, 3.05) is 0 Å². The molecule has 6 nitrogen and oxygen atoms in total. The normalized spacial score (nSPS) is 12.6. The van der Waals surface area contributed by atoms with E-state index in [1.54, 1.807) is 46.9 Å². The second-order valence-corrected chi connectivity index (χ2v) is 10.3. The molecule has 0 unspecified atom stereocenters. The number of nitrogens with zero attached hydrogens (tertiary/aromatic N) is 2. The minimum absolute atomic E-state index is 0.0898. The molecule has 0 saturated carbocycles. The number of benzene rings is 4. The second-order valence-electron chi connectivity index (χ2n) is 7.75. The summed E-state index contributed by atoms with van der Waals surface area (Å²) < 4.78 is 33.0. The topological polar surface area (TPSA) is 77.7 Å². The lowest BCUT2D eigenvalue weighted by Gasteiger charge is -2.08. The van der Waals surface area contributed by atoms with Gasteiger partial charge in [0.25, 0.3) is 5.56 Å². The van der Waals surface area contributed by atoms with Crippen LogP contribution in [0, 0.1) is 0 Å². The van der Waals surface area contributed by atoms with Crippen LogP contribution in [0.3, 0.4) is 0 Å². The van der Waals surface area contributed by atoms with Gasteiger partial charge in [-0.3, -0.25) is 4.79 Å². The SMILES string of the molecule is O=c1/c(=C\c2ccc(OS(=O)(=O)c3ccc4ccccc4c3)cc2)sc2nc3ccccc3n12. The summed E-state index contributed by atoms with van der Waals surface area (Å²) in [6.07, 6.45) is 1.76. The molecule has 6 rings (SSSR count). The molecule has 4 aromatic carbocycles. The number of hydrogen-bond acceptors (Lipinski definition) is 6. The van der Waals surface area contributed by atoms with Crippen molar-refractivity contribution in [3.8, 4) is 5.75 Å². The molecular weight excluding hydrogens is 468 g/mol. The third kappa shape index (κ3) is 3.53. The Balaban J connectivity index is 1.30. The van der Waals surface area contributed by atoms with E-state index in [-0.39, 0.29) is 16.2 Å². The average Bonchev–Trinajstić information content (AvgIpc) is 3.35. The third-order valence-electron chi connectivity index (χ3n) is 5.54. The van der Waals surface area contributed by atoms with E-state index in [9.17, 15) is 13.2 Å². The van der Waals surface area contributed by atoms with Gasteiger partial charge in [0, 0.05) is 0 Å². The first-order valence-electron chi connectivity index (χ1n) is 10.4. The van der Waals surface area contributed by atoms with E-state index in [0.29, 0.717) is 9.49 Å². The zero-order valence-corrected chi connectivity index (χ0v) is 19.2. The summed E-state index contributed by atoms with van der Waals surface area (Å²) in [6, 6.07) is 26.5. The Kier molecular flexibility index (Phi) is 4.72. The monoisotopic (exact) mass is 484 g/mol. The summed E-state index contributed by atoms with van der Waals surface area (Å²) >= 11 is 1.31. The van der Waals surface area contributed by atoms with Gasteiger partial charge >= 0.3 is 10.1 Å². The standard InChI is InChI=1S/C26H16N2O4S2/c29-25-24(33-26-27-22-7-3-4-8-23(22)28(25)26)15-17-9-12-20(13-10-17)32-34(30,31)21-14-11-18-5-1-2-6-19(18)16-21/h1-16H/b24-15+. The molecule has 0 fully saturated rings. The smallest absolute Gasteiger partial charge is 0.339 e. The number of rotatable bonds is 4. The molecule has 2 heterocycles. The Hall–Kier alpha value is -4.01. The van der Waals surface area contributed by atoms with Crippen LogP contribution in [0.1, 0.15) is 5.56 Å². The van der Waals surface area contributed by atoms with Crippen LogP contribution in [-0.2, 0) is 10.1 Å². The minimum Gasteiger partial charge on any atom is -0.379 e. The van der Waals surface area contributed by atoms with Gasteiger partial charge in [-0.1, -0.05) is 65.9 Å². The van der Waals surface area contributed by atoms with Crippen LogP contribution in [0.2, 0.25) is 0 Å². The molecule has 2 aromatic heterocycles. The van der Waals surface area contributed by atoms with Crippen LogP contribution in [0.4, 0.5) is 0 Å². The lowest BCUT2D eigenvalue weighted by Crippen LogP contribution is -2.22. The maximum Gasteiger partial charge on any atom is 0.339 e. The van der Waals surface area contributed by atoms with Crippen LogP contribution in [0.25, 0.3) is 32.8 Å². The Bertz CT molecular complexity index is 1920. The molecule has 166 valence electrons. The first kappa shape index (κ1) is 20.6. The minimum atomic E-state index is -3.98.